The van der Waals surface area contributed by atoms with E-state index in [1.165, 1.54) is 5.56 Å². The number of unbranched alkanes of at least 4 members (excludes halogenated alkanes) is 1. The molecule has 0 fully saturated rings. The van der Waals surface area contributed by atoms with Crippen molar-refractivity contribution in [3.8, 4) is 0 Å². The second-order valence-electron chi connectivity index (χ2n) is 8.22. The average molecular weight is 328 g/mol. The minimum absolute atomic E-state index is 0.0631. The highest BCUT2D eigenvalue weighted by molar-refractivity contribution is 6.16. The molecule has 0 bridgehead atoms. The van der Waals surface area contributed by atoms with Gasteiger partial charge in [0.1, 0.15) is 0 Å². The van der Waals surface area contributed by atoms with E-state index < -0.39 is 5.31 Å². The third-order valence-corrected chi connectivity index (χ3v) is 5.13. The fourth-order valence-corrected chi connectivity index (χ4v) is 2.96. The van der Waals surface area contributed by atoms with Gasteiger partial charge in [-0.15, -0.1) is 0 Å². The number of hydrogen-bond acceptors (Lipinski definition) is 2. The molecule has 2 unspecified atom stereocenters. The van der Waals surface area contributed by atoms with Crippen LogP contribution >= 0.6 is 0 Å². The molecule has 1 aromatic rings. The Labute approximate surface area is 149 Å². The summed E-state index contributed by atoms with van der Waals surface area (Å²) in [5.41, 5.74) is 1.22. The lowest BCUT2D eigenvalue weighted by Crippen LogP contribution is -2.34. The van der Waals surface area contributed by atoms with Crippen molar-refractivity contribution in [2.75, 3.05) is 6.61 Å². The van der Waals surface area contributed by atoms with Crippen LogP contribution in [0.15, 0.2) is 30.3 Å². The summed E-state index contributed by atoms with van der Waals surface area (Å²) in [6.45, 7) is 13.0. The van der Waals surface area contributed by atoms with Crippen molar-refractivity contribution in [2.24, 2.45) is 11.3 Å². The lowest BCUT2D eigenvalue weighted by Gasteiger charge is -2.39. The van der Waals surface area contributed by atoms with Crippen LogP contribution in [0.2, 0.25) is 5.31 Å². The highest BCUT2D eigenvalue weighted by Gasteiger charge is 2.39. The molecule has 0 saturated carbocycles. The molecule has 2 nitrogen and oxygen atoms in total. The van der Waals surface area contributed by atoms with Crippen molar-refractivity contribution in [3.05, 3.63) is 35.9 Å². The van der Waals surface area contributed by atoms with Crippen molar-refractivity contribution in [1.29, 1.82) is 0 Å². The minimum atomic E-state index is -0.600. The first-order valence-corrected chi connectivity index (χ1v) is 9.10. The van der Waals surface area contributed by atoms with E-state index in [-0.39, 0.29) is 17.3 Å². The fraction of sp³-hybridized carbons (Fsp3) is 0.667. The van der Waals surface area contributed by atoms with Crippen molar-refractivity contribution >= 4 is 13.8 Å². The molecule has 0 N–H and O–H groups in total. The monoisotopic (exact) mass is 328 g/mol. The van der Waals surface area contributed by atoms with Gasteiger partial charge in [-0.05, 0) is 29.7 Å². The van der Waals surface area contributed by atoms with Crippen LogP contribution in [0.4, 0.5) is 0 Å². The molecule has 0 saturated heterocycles. The maximum Gasteiger partial charge on any atom is 0.308 e. The second-order valence-corrected chi connectivity index (χ2v) is 8.22. The number of rotatable bonds is 9. The summed E-state index contributed by atoms with van der Waals surface area (Å²) in [5, 5.41) is -0.600. The van der Waals surface area contributed by atoms with Gasteiger partial charge in [0.15, 0.2) is 0 Å². The zero-order valence-corrected chi connectivity index (χ0v) is 16.3. The highest BCUT2D eigenvalue weighted by atomic mass is 16.5. The van der Waals surface area contributed by atoms with E-state index in [0.717, 1.165) is 12.8 Å². The van der Waals surface area contributed by atoms with E-state index >= 15 is 0 Å². The lowest BCUT2D eigenvalue weighted by molar-refractivity contribution is -0.151. The molecule has 24 heavy (non-hydrogen) atoms. The van der Waals surface area contributed by atoms with Crippen LogP contribution in [0.3, 0.4) is 0 Å². The third-order valence-electron chi connectivity index (χ3n) is 5.13. The first-order chi connectivity index (χ1) is 11.1. The zero-order valence-electron chi connectivity index (χ0n) is 16.3. The Bertz CT molecular complexity index is 502. The summed E-state index contributed by atoms with van der Waals surface area (Å²) < 4.78 is 5.48. The molecule has 0 aliphatic rings. The van der Waals surface area contributed by atoms with Gasteiger partial charge in [-0.2, -0.15) is 0 Å². The van der Waals surface area contributed by atoms with Gasteiger partial charge in [-0.1, -0.05) is 83.6 Å². The van der Waals surface area contributed by atoms with Crippen molar-refractivity contribution in [2.45, 2.75) is 72.0 Å². The van der Waals surface area contributed by atoms with Gasteiger partial charge < -0.3 is 4.74 Å². The molecule has 0 aromatic heterocycles. The zero-order chi connectivity index (χ0) is 18.4. The average Bonchev–Trinajstić information content (AvgIpc) is 2.52. The van der Waals surface area contributed by atoms with Gasteiger partial charge in [0.05, 0.1) is 20.4 Å². The quantitative estimate of drug-likeness (QED) is 0.338. The summed E-state index contributed by atoms with van der Waals surface area (Å²) in [7, 11) is 6.33. The van der Waals surface area contributed by atoms with E-state index in [2.05, 4.69) is 52.0 Å². The van der Waals surface area contributed by atoms with Gasteiger partial charge in [-0.3, -0.25) is 4.79 Å². The first-order valence-electron chi connectivity index (χ1n) is 9.10. The molecule has 2 radical (unpaired) electrons. The van der Waals surface area contributed by atoms with E-state index in [0.29, 0.717) is 18.9 Å². The van der Waals surface area contributed by atoms with Crippen LogP contribution in [-0.2, 0) is 9.53 Å². The number of hydrogen-bond donors (Lipinski definition) is 0. The molecule has 0 aliphatic heterocycles. The summed E-state index contributed by atoms with van der Waals surface area (Å²) in [6.07, 6.45) is 2.62. The van der Waals surface area contributed by atoms with Gasteiger partial charge in [0.2, 0.25) is 0 Å². The number of benzene rings is 1. The molecule has 0 spiro atoms. The molecule has 1 rings (SSSR count). The van der Waals surface area contributed by atoms with Gasteiger partial charge >= 0.3 is 5.97 Å². The first kappa shape index (κ1) is 20.8. The molecule has 1 aromatic carbocycles. The highest BCUT2D eigenvalue weighted by Crippen LogP contribution is 2.46. The van der Waals surface area contributed by atoms with Crippen LogP contribution in [0, 0.1) is 11.3 Å². The van der Waals surface area contributed by atoms with Crippen LogP contribution < -0.4 is 0 Å². The molecule has 3 heteroatoms. The maximum absolute atomic E-state index is 12.6. The van der Waals surface area contributed by atoms with E-state index in [9.17, 15) is 4.79 Å². The van der Waals surface area contributed by atoms with Gasteiger partial charge in [0, 0.05) is 0 Å². The fourth-order valence-electron chi connectivity index (χ4n) is 2.96. The van der Waals surface area contributed by atoms with Crippen LogP contribution in [0.25, 0.3) is 0 Å². The Balaban J connectivity index is 2.90. The van der Waals surface area contributed by atoms with E-state index in [1.54, 1.807) is 0 Å². The van der Waals surface area contributed by atoms with Crippen molar-refractivity contribution < 1.29 is 9.53 Å². The Morgan fingerprint density at radius 1 is 1.17 bits per heavy atom. The minimum Gasteiger partial charge on any atom is -0.465 e. The van der Waals surface area contributed by atoms with Crippen LogP contribution in [0.5, 0.6) is 0 Å². The molecule has 132 valence electrons. The number of carbonyl (C=O) groups excluding carboxylic acids is 1. The number of ether oxygens (including phenoxy) is 1. The Kier molecular flexibility index (Phi) is 7.57. The smallest absolute Gasteiger partial charge is 0.308 e. The largest absolute Gasteiger partial charge is 0.465 e. The van der Waals surface area contributed by atoms with Crippen LogP contribution in [-0.4, -0.2) is 20.4 Å². The topological polar surface area (TPSA) is 26.3 Å². The molecule has 2 atom stereocenters. The summed E-state index contributed by atoms with van der Waals surface area (Å²) >= 11 is 0. The molecule has 0 amide bonds. The van der Waals surface area contributed by atoms with E-state index in [4.69, 9.17) is 12.6 Å². The third kappa shape index (κ3) is 6.00. The summed E-state index contributed by atoms with van der Waals surface area (Å²) in [5.74, 6) is -0.146. The number of carbonyl (C=O) groups is 1. The summed E-state index contributed by atoms with van der Waals surface area (Å²) in [6, 6.07) is 10.4. The molecular weight excluding hydrogens is 295 g/mol. The van der Waals surface area contributed by atoms with Gasteiger partial charge in [-0.25, -0.2) is 0 Å². The lowest BCUT2D eigenvalue weighted by atomic mass is 9.58. The van der Waals surface area contributed by atoms with Crippen LogP contribution in [0.1, 0.15) is 72.3 Å². The maximum atomic E-state index is 12.6. The standard InChI is InChI=1S/C21H33BO2/c1-7-8-14-24-19(23)18(21(5,6)22)15-20(3,4)16(2)17-12-10-9-11-13-17/h9-13,16,18H,7-8,14-15H2,1-6H3. The van der Waals surface area contributed by atoms with Crippen molar-refractivity contribution in [1.82, 2.24) is 0 Å². The Hall–Kier alpha value is -1.25. The predicted octanol–water partition coefficient (Wildman–Crippen LogP) is 5.53. The second kappa shape index (κ2) is 8.73. The summed E-state index contributed by atoms with van der Waals surface area (Å²) in [4.78, 5) is 12.6. The van der Waals surface area contributed by atoms with Crippen molar-refractivity contribution in [3.63, 3.8) is 0 Å². The Morgan fingerprint density at radius 2 is 1.75 bits per heavy atom. The molecular formula is C21H33BO2. The SMILES string of the molecule is [B]C(C)(C)C(CC(C)(C)C(C)c1ccccc1)C(=O)OCCCC. The van der Waals surface area contributed by atoms with Gasteiger partial charge in [0.25, 0.3) is 0 Å². The molecule has 0 heterocycles. The van der Waals surface area contributed by atoms with E-state index in [1.807, 2.05) is 19.9 Å². The molecule has 0 aliphatic carbocycles. The number of esters is 1. The normalized spacial score (nSPS) is 14.9. The Morgan fingerprint density at radius 3 is 2.25 bits per heavy atom. The predicted molar refractivity (Wildman–Crippen MR) is 102 cm³/mol.